The van der Waals surface area contributed by atoms with E-state index < -0.39 is 0 Å². The predicted molar refractivity (Wildman–Crippen MR) is 80.5 cm³/mol. The zero-order valence-electron chi connectivity index (χ0n) is 12.4. The first-order chi connectivity index (χ1) is 9.42. The third-order valence-electron chi connectivity index (χ3n) is 5.45. The second-order valence-corrected chi connectivity index (χ2v) is 6.82. The van der Waals surface area contributed by atoms with E-state index in [-0.39, 0.29) is 0 Å². The molecule has 0 bridgehead atoms. The van der Waals surface area contributed by atoms with Crippen LogP contribution in [0.25, 0.3) is 0 Å². The van der Waals surface area contributed by atoms with Crippen LogP contribution in [0.15, 0.2) is 0 Å². The Labute approximate surface area is 118 Å². The van der Waals surface area contributed by atoms with Crippen LogP contribution in [0.2, 0.25) is 0 Å². The van der Waals surface area contributed by atoms with E-state index >= 15 is 0 Å². The number of nitrogens with zero attached hydrogens (tertiary/aromatic N) is 2. The molecule has 110 valence electrons. The van der Waals surface area contributed by atoms with E-state index in [0.29, 0.717) is 0 Å². The van der Waals surface area contributed by atoms with Crippen LogP contribution < -0.4 is 5.32 Å². The topological polar surface area (TPSA) is 18.5 Å². The zero-order chi connectivity index (χ0) is 12.9. The van der Waals surface area contributed by atoms with Crippen molar-refractivity contribution in [3.8, 4) is 0 Å². The number of piperidine rings is 1. The smallest absolute Gasteiger partial charge is 0.0235 e. The summed E-state index contributed by atoms with van der Waals surface area (Å²) in [6.07, 6.45) is 10.0. The number of hydrogen-bond donors (Lipinski definition) is 1. The molecule has 3 aliphatic heterocycles. The minimum absolute atomic E-state index is 0.890. The van der Waals surface area contributed by atoms with Gasteiger partial charge < -0.3 is 10.2 Å². The number of nitrogens with one attached hydrogen (secondary N) is 1. The first kappa shape index (κ1) is 13.8. The second-order valence-electron chi connectivity index (χ2n) is 6.82. The highest BCUT2D eigenvalue weighted by atomic mass is 15.3. The average Bonchev–Trinajstić information content (AvgIpc) is 3.10. The van der Waals surface area contributed by atoms with Crippen LogP contribution in [0.5, 0.6) is 0 Å². The Bertz CT molecular complexity index is 257. The highest BCUT2D eigenvalue weighted by molar-refractivity contribution is 4.85. The van der Waals surface area contributed by atoms with Gasteiger partial charge >= 0.3 is 0 Å². The maximum absolute atomic E-state index is 3.47. The molecule has 0 spiro atoms. The lowest BCUT2D eigenvalue weighted by molar-refractivity contribution is 0.227. The van der Waals surface area contributed by atoms with Crippen molar-refractivity contribution in [3.05, 3.63) is 0 Å². The summed E-state index contributed by atoms with van der Waals surface area (Å²) in [6.45, 7) is 9.31. The molecule has 0 aromatic carbocycles. The van der Waals surface area contributed by atoms with E-state index in [2.05, 4.69) is 15.1 Å². The summed E-state index contributed by atoms with van der Waals surface area (Å²) >= 11 is 0. The van der Waals surface area contributed by atoms with E-state index in [1.54, 1.807) is 0 Å². The molecule has 3 saturated heterocycles. The van der Waals surface area contributed by atoms with Gasteiger partial charge in [0.15, 0.2) is 0 Å². The van der Waals surface area contributed by atoms with Crippen molar-refractivity contribution in [1.29, 1.82) is 0 Å². The summed E-state index contributed by atoms with van der Waals surface area (Å²) in [5.74, 6) is 1.01. The van der Waals surface area contributed by atoms with Crippen molar-refractivity contribution in [2.45, 2.75) is 51.0 Å². The first-order valence-corrected chi connectivity index (χ1v) is 8.59. The Morgan fingerprint density at radius 3 is 2.53 bits per heavy atom. The Morgan fingerprint density at radius 1 is 0.947 bits per heavy atom. The summed E-state index contributed by atoms with van der Waals surface area (Å²) in [5.41, 5.74) is 0. The summed E-state index contributed by atoms with van der Waals surface area (Å²) in [4.78, 5) is 5.47. The SMILES string of the molecule is C(CC1CCNCC1)CN1CCC(N2CCCC2)C1. The molecule has 3 aliphatic rings. The molecular formula is C16H31N3. The van der Waals surface area contributed by atoms with Gasteiger partial charge in [0, 0.05) is 12.6 Å². The van der Waals surface area contributed by atoms with Crippen molar-refractivity contribution in [2.24, 2.45) is 5.92 Å². The number of hydrogen-bond acceptors (Lipinski definition) is 3. The van der Waals surface area contributed by atoms with Gasteiger partial charge in [-0.1, -0.05) is 0 Å². The lowest BCUT2D eigenvalue weighted by Gasteiger charge is -2.25. The van der Waals surface area contributed by atoms with E-state index in [0.717, 1.165) is 12.0 Å². The van der Waals surface area contributed by atoms with Gasteiger partial charge in [0.05, 0.1) is 0 Å². The van der Waals surface area contributed by atoms with Crippen molar-refractivity contribution in [3.63, 3.8) is 0 Å². The number of likely N-dealkylation sites (tertiary alicyclic amines) is 2. The van der Waals surface area contributed by atoms with E-state index in [9.17, 15) is 0 Å². The van der Waals surface area contributed by atoms with Crippen molar-refractivity contribution >= 4 is 0 Å². The summed E-state index contributed by atoms with van der Waals surface area (Å²) in [6, 6.07) is 0.890. The highest BCUT2D eigenvalue weighted by Crippen LogP contribution is 2.22. The van der Waals surface area contributed by atoms with Crippen LogP contribution in [0.1, 0.15) is 44.9 Å². The third-order valence-corrected chi connectivity index (χ3v) is 5.45. The molecule has 19 heavy (non-hydrogen) atoms. The van der Waals surface area contributed by atoms with E-state index in [1.807, 2.05) is 0 Å². The minimum Gasteiger partial charge on any atom is -0.317 e. The van der Waals surface area contributed by atoms with Gasteiger partial charge in [-0.15, -0.1) is 0 Å². The average molecular weight is 265 g/mol. The minimum atomic E-state index is 0.890. The fourth-order valence-corrected chi connectivity index (χ4v) is 4.19. The molecule has 0 amide bonds. The fraction of sp³-hybridized carbons (Fsp3) is 1.00. The molecule has 1 atom stereocenters. The molecule has 3 nitrogen and oxygen atoms in total. The molecule has 3 heterocycles. The van der Waals surface area contributed by atoms with Crippen molar-refractivity contribution in [2.75, 3.05) is 45.8 Å². The monoisotopic (exact) mass is 265 g/mol. The molecule has 1 N–H and O–H groups in total. The molecule has 0 saturated carbocycles. The Balaban J connectivity index is 1.30. The third kappa shape index (κ3) is 3.93. The van der Waals surface area contributed by atoms with Gasteiger partial charge in [0.1, 0.15) is 0 Å². The van der Waals surface area contributed by atoms with Crippen LogP contribution >= 0.6 is 0 Å². The standard InChI is InChI=1S/C16H31N3/c1-2-12-19(11-1)16-7-13-18(14-16)10-3-4-15-5-8-17-9-6-15/h15-17H,1-14H2. The van der Waals surface area contributed by atoms with Gasteiger partial charge in [-0.05, 0) is 90.1 Å². The maximum atomic E-state index is 3.47. The molecule has 3 heteroatoms. The molecular weight excluding hydrogens is 234 g/mol. The van der Waals surface area contributed by atoms with Crippen LogP contribution in [0.3, 0.4) is 0 Å². The Hall–Kier alpha value is -0.120. The molecule has 1 unspecified atom stereocenters. The fourth-order valence-electron chi connectivity index (χ4n) is 4.19. The van der Waals surface area contributed by atoms with Gasteiger partial charge in [-0.3, -0.25) is 4.90 Å². The van der Waals surface area contributed by atoms with Crippen LogP contribution in [0, 0.1) is 5.92 Å². The molecule has 0 aromatic rings. The largest absolute Gasteiger partial charge is 0.317 e. The van der Waals surface area contributed by atoms with Gasteiger partial charge in [0.25, 0.3) is 0 Å². The highest BCUT2D eigenvalue weighted by Gasteiger charge is 2.28. The Kier molecular flexibility index (Phi) is 5.14. The normalized spacial score (nSPS) is 31.3. The molecule has 3 rings (SSSR count). The van der Waals surface area contributed by atoms with Crippen molar-refractivity contribution in [1.82, 2.24) is 15.1 Å². The van der Waals surface area contributed by atoms with E-state index in [4.69, 9.17) is 0 Å². The molecule has 3 fully saturated rings. The lowest BCUT2D eigenvalue weighted by Crippen LogP contribution is -2.35. The summed E-state index contributed by atoms with van der Waals surface area (Å²) in [5, 5.41) is 3.47. The van der Waals surface area contributed by atoms with Gasteiger partial charge in [-0.2, -0.15) is 0 Å². The van der Waals surface area contributed by atoms with Crippen molar-refractivity contribution < 1.29 is 0 Å². The van der Waals surface area contributed by atoms with Crippen LogP contribution in [-0.4, -0.2) is 61.7 Å². The predicted octanol–water partition coefficient (Wildman–Crippen LogP) is 1.94. The summed E-state index contributed by atoms with van der Waals surface area (Å²) < 4.78 is 0. The van der Waals surface area contributed by atoms with Crippen LogP contribution in [0.4, 0.5) is 0 Å². The van der Waals surface area contributed by atoms with Crippen LogP contribution in [-0.2, 0) is 0 Å². The summed E-state index contributed by atoms with van der Waals surface area (Å²) in [7, 11) is 0. The van der Waals surface area contributed by atoms with Gasteiger partial charge in [0.2, 0.25) is 0 Å². The molecule has 0 aromatic heterocycles. The van der Waals surface area contributed by atoms with E-state index in [1.165, 1.54) is 90.8 Å². The Morgan fingerprint density at radius 2 is 1.74 bits per heavy atom. The molecule has 0 radical (unpaired) electrons. The first-order valence-electron chi connectivity index (χ1n) is 8.59. The quantitative estimate of drug-likeness (QED) is 0.819. The maximum Gasteiger partial charge on any atom is 0.0235 e. The molecule has 0 aliphatic carbocycles. The van der Waals surface area contributed by atoms with Gasteiger partial charge in [-0.25, -0.2) is 0 Å². The number of rotatable bonds is 5. The second kappa shape index (κ2) is 7.05. The lowest BCUT2D eigenvalue weighted by atomic mass is 9.93. The zero-order valence-corrected chi connectivity index (χ0v) is 12.4.